The summed E-state index contributed by atoms with van der Waals surface area (Å²) in [5.41, 5.74) is 6.74. The van der Waals surface area contributed by atoms with E-state index < -0.39 is 18.0 Å². The van der Waals surface area contributed by atoms with Crippen LogP contribution in [0.5, 0.6) is 0 Å². The van der Waals surface area contributed by atoms with Crippen LogP contribution in [0.2, 0.25) is 0 Å². The molecule has 0 aliphatic carbocycles. The summed E-state index contributed by atoms with van der Waals surface area (Å²) in [7, 11) is 0. The summed E-state index contributed by atoms with van der Waals surface area (Å²) in [5, 5.41) is 3.18. The molecule has 1 atom stereocenters. The SMILES string of the molecule is CC(=O)OC(=O)[C@@H](N)CSCCNc1cc(C)ccn1. The van der Waals surface area contributed by atoms with E-state index in [9.17, 15) is 9.59 Å². The smallest absolute Gasteiger partial charge is 0.331 e. The first-order valence-corrected chi connectivity index (χ1v) is 7.36. The average Bonchev–Trinajstić information content (AvgIpc) is 2.37. The number of aryl methyl sites for hydroxylation is 1. The van der Waals surface area contributed by atoms with Gasteiger partial charge in [0.1, 0.15) is 11.9 Å². The highest BCUT2D eigenvalue weighted by molar-refractivity contribution is 7.99. The van der Waals surface area contributed by atoms with E-state index in [-0.39, 0.29) is 0 Å². The summed E-state index contributed by atoms with van der Waals surface area (Å²) in [4.78, 5) is 26.0. The lowest BCUT2D eigenvalue weighted by molar-refractivity contribution is -0.158. The van der Waals surface area contributed by atoms with E-state index in [0.717, 1.165) is 23.7 Å². The zero-order chi connectivity index (χ0) is 15.0. The van der Waals surface area contributed by atoms with Crippen molar-refractivity contribution in [3.8, 4) is 0 Å². The third-order valence-corrected chi connectivity index (χ3v) is 3.40. The Balaban J connectivity index is 2.16. The predicted octanol–water partition coefficient (Wildman–Crippen LogP) is 0.952. The number of hydrogen-bond acceptors (Lipinski definition) is 7. The number of nitrogens with zero attached hydrogens (tertiary/aromatic N) is 1. The second-order valence-corrected chi connectivity index (χ2v) is 5.39. The van der Waals surface area contributed by atoms with Crippen LogP contribution in [0.25, 0.3) is 0 Å². The lowest BCUT2D eigenvalue weighted by Crippen LogP contribution is -2.35. The number of nitrogens with two attached hydrogens (primary N) is 1. The first kappa shape index (κ1) is 16.5. The number of thioether (sulfide) groups is 1. The van der Waals surface area contributed by atoms with Gasteiger partial charge in [0.05, 0.1) is 0 Å². The van der Waals surface area contributed by atoms with Crippen LogP contribution in [0.15, 0.2) is 18.3 Å². The highest BCUT2D eigenvalue weighted by Crippen LogP contribution is 2.07. The molecule has 0 saturated heterocycles. The molecule has 0 amide bonds. The van der Waals surface area contributed by atoms with Gasteiger partial charge in [-0.2, -0.15) is 11.8 Å². The summed E-state index contributed by atoms with van der Waals surface area (Å²) in [5.74, 6) is 0.693. The molecule has 20 heavy (non-hydrogen) atoms. The number of pyridine rings is 1. The number of anilines is 1. The van der Waals surface area contributed by atoms with Gasteiger partial charge in [-0.3, -0.25) is 4.79 Å². The van der Waals surface area contributed by atoms with Gasteiger partial charge < -0.3 is 15.8 Å². The van der Waals surface area contributed by atoms with Crippen molar-refractivity contribution in [3.63, 3.8) is 0 Å². The largest absolute Gasteiger partial charge is 0.392 e. The van der Waals surface area contributed by atoms with Crippen molar-refractivity contribution < 1.29 is 14.3 Å². The van der Waals surface area contributed by atoms with E-state index in [1.807, 2.05) is 19.1 Å². The Bertz CT molecular complexity index is 468. The molecule has 0 aliphatic heterocycles. The molecule has 1 aromatic rings. The average molecular weight is 297 g/mol. The summed E-state index contributed by atoms with van der Waals surface area (Å²) >= 11 is 1.51. The molecule has 1 aromatic heterocycles. The highest BCUT2D eigenvalue weighted by atomic mass is 32.2. The minimum absolute atomic E-state index is 0.412. The summed E-state index contributed by atoms with van der Waals surface area (Å²) < 4.78 is 4.41. The fourth-order valence-electron chi connectivity index (χ4n) is 1.38. The lowest BCUT2D eigenvalue weighted by atomic mass is 10.3. The quantitative estimate of drug-likeness (QED) is 0.439. The third-order valence-electron chi connectivity index (χ3n) is 2.31. The standard InChI is InChI=1S/C13H19N3O3S/c1-9-3-4-15-12(7-9)16-5-6-20-8-11(14)13(18)19-10(2)17/h3-4,7,11H,5-6,8,14H2,1-2H3,(H,15,16)/t11-/m0/s1. The number of ether oxygens (including phenoxy) is 1. The van der Waals surface area contributed by atoms with Crippen LogP contribution < -0.4 is 11.1 Å². The number of carbonyl (C=O) groups is 2. The monoisotopic (exact) mass is 297 g/mol. The molecule has 1 rings (SSSR count). The van der Waals surface area contributed by atoms with E-state index >= 15 is 0 Å². The molecule has 1 heterocycles. The molecule has 7 heteroatoms. The Kier molecular flexibility index (Phi) is 7.03. The van der Waals surface area contributed by atoms with Crippen LogP contribution in [0.4, 0.5) is 5.82 Å². The normalized spacial score (nSPS) is 11.8. The number of carbonyl (C=O) groups excluding carboxylic acids is 2. The van der Waals surface area contributed by atoms with Crippen molar-refractivity contribution in [2.75, 3.05) is 23.4 Å². The molecule has 0 radical (unpaired) electrons. The van der Waals surface area contributed by atoms with Gasteiger partial charge in [-0.15, -0.1) is 0 Å². The van der Waals surface area contributed by atoms with Gasteiger partial charge in [0.2, 0.25) is 0 Å². The Morgan fingerprint density at radius 3 is 2.95 bits per heavy atom. The fraction of sp³-hybridized carbons (Fsp3) is 0.462. The molecular weight excluding hydrogens is 278 g/mol. The zero-order valence-electron chi connectivity index (χ0n) is 11.6. The molecule has 0 aliphatic rings. The Labute approximate surface area is 122 Å². The molecule has 0 unspecified atom stereocenters. The molecule has 0 fully saturated rings. The minimum Gasteiger partial charge on any atom is -0.392 e. The van der Waals surface area contributed by atoms with Crippen molar-refractivity contribution in [1.29, 1.82) is 0 Å². The fourth-order valence-corrected chi connectivity index (χ4v) is 2.18. The Morgan fingerprint density at radius 2 is 2.30 bits per heavy atom. The first-order chi connectivity index (χ1) is 9.49. The van der Waals surface area contributed by atoms with Crippen LogP contribution in [0, 0.1) is 6.92 Å². The number of esters is 2. The molecule has 0 aromatic carbocycles. The Morgan fingerprint density at radius 1 is 1.55 bits per heavy atom. The number of nitrogens with one attached hydrogen (secondary N) is 1. The topological polar surface area (TPSA) is 94.3 Å². The lowest BCUT2D eigenvalue weighted by Gasteiger charge is -2.09. The van der Waals surface area contributed by atoms with Gasteiger partial charge in [-0.25, -0.2) is 9.78 Å². The second-order valence-electron chi connectivity index (χ2n) is 4.24. The number of aromatic nitrogens is 1. The van der Waals surface area contributed by atoms with Gasteiger partial charge in [-0.05, 0) is 24.6 Å². The molecule has 6 nitrogen and oxygen atoms in total. The summed E-state index contributed by atoms with van der Waals surface area (Å²) in [6.07, 6.45) is 1.75. The minimum atomic E-state index is -0.777. The van der Waals surface area contributed by atoms with E-state index in [2.05, 4.69) is 15.0 Å². The molecule has 3 N–H and O–H groups in total. The van der Waals surface area contributed by atoms with Crippen LogP contribution in [0.3, 0.4) is 0 Å². The summed E-state index contributed by atoms with van der Waals surface area (Å²) in [6, 6.07) is 3.11. The summed E-state index contributed by atoms with van der Waals surface area (Å²) in [6.45, 7) is 3.90. The second kappa shape index (κ2) is 8.55. The molecule has 0 saturated carbocycles. The van der Waals surface area contributed by atoms with Crippen molar-refractivity contribution in [1.82, 2.24) is 4.98 Å². The van der Waals surface area contributed by atoms with Crippen molar-refractivity contribution in [2.24, 2.45) is 5.73 Å². The van der Waals surface area contributed by atoms with E-state index in [0.29, 0.717) is 5.75 Å². The molecular formula is C13H19N3O3S. The zero-order valence-corrected chi connectivity index (χ0v) is 12.4. The van der Waals surface area contributed by atoms with Crippen LogP contribution in [-0.4, -0.2) is 41.0 Å². The molecule has 110 valence electrons. The Hall–Kier alpha value is -1.60. The van der Waals surface area contributed by atoms with Crippen molar-refractivity contribution in [2.45, 2.75) is 19.9 Å². The first-order valence-electron chi connectivity index (χ1n) is 6.21. The number of rotatable bonds is 7. The molecule has 0 bridgehead atoms. The maximum atomic E-state index is 11.3. The maximum Gasteiger partial charge on any atom is 0.331 e. The predicted molar refractivity (Wildman–Crippen MR) is 79.5 cm³/mol. The van der Waals surface area contributed by atoms with E-state index in [1.165, 1.54) is 18.7 Å². The van der Waals surface area contributed by atoms with Gasteiger partial charge in [-0.1, -0.05) is 0 Å². The van der Waals surface area contributed by atoms with Crippen molar-refractivity contribution in [3.05, 3.63) is 23.9 Å². The molecule has 0 spiro atoms. The number of hydrogen-bond donors (Lipinski definition) is 2. The maximum absolute atomic E-state index is 11.3. The van der Waals surface area contributed by atoms with Crippen LogP contribution >= 0.6 is 11.8 Å². The highest BCUT2D eigenvalue weighted by Gasteiger charge is 2.16. The van der Waals surface area contributed by atoms with Gasteiger partial charge >= 0.3 is 11.9 Å². The van der Waals surface area contributed by atoms with Crippen molar-refractivity contribution >= 4 is 29.5 Å². The van der Waals surface area contributed by atoms with Gasteiger partial charge in [0.25, 0.3) is 0 Å². The van der Waals surface area contributed by atoms with Gasteiger partial charge in [0, 0.05) is 31.2 Å². The van der Waals surface area contributed by atoms with Crippen LogP contribution in [-0.2, 0) is 14.3 Å². The van der Waals surface area contributed by atoms with E-state index in [4.69, 9.17) is 5.73 Å². The van der Waals surface area contributed by atoms with Gasteiger partial charge in [0.15, 0.2) is 0 Å². The van der Waals surface area contributed by atoms with Crippen LogP contribution in [0.1, 0.15) is 12.5 Å². The van der Waals surface area contributed by atoms with E-state index in [1.54, 1.807) is 6.20 Å². The third kappa shape index (κ3) is 6.53.